The molecule has 0 aliphatic heterocycles. The number of rotatable bonds is 6. The maximum atomic E-state index is 12.8. The fourth-order valence-electron chi connectivity index (χ4n) is 2.96. The largest absolute Gasteiger partial charge is 0.480 e. The lowest BCUT2D eigenvalue weighted by molar-refractivity contribution is -0.139. The second-order valence-corrected chi connectivity index (χ2v) is 11.7. The highest BCUT2D eigenvalue weighted by Crippen LogP contribution is 2.34. The van der Waals surface area contributed by atoms with Crippen molar-refractivity contribution in [3.63, 3.8) is 0 Å². The van der Waals surface area contributed by atoms with Gasteiger partial charge in [-0.3, -0.25) is 4.79 Å². The Hall–Kier alpha value is -1.96. The number of carboxylic acid groups (broad SMARTS) is 1. The molecule has 2 aromatic heterocycles. The van der Waals surface area contributed by atoms with Gasteiger partial charge < -0.3 is 9.67 Å². The van der Waals surface area contributed by atoms with Gasteiger partial charge in [0.1, 0.15) is 11.3 Å². The molecule has 1 aliphatic rings. The van der Waals surface area contributed by atoms with Crippen molar-refractivity contribution in [3.8, 4) is 0 Å². The standard InChI is InChI=1S/C19H27N3O4S/c1-18(2,3)9-15-21-14-8-13(27(25,26)19(4,5)17(23)24)10-20-16(14)22(15)11-12-6-7-12/h8,10,12H,6-7,9,11H2,1-5H3,(H,23,24). The Labute approximate surface area is 159 Å². The molecule has 0 radical (unpaired) electrons. The zero-order valence-corrected chi connectivity index (χ0v) is 17.3. The fraction of sp³-hybridized carbons (Fsp3) is 0.632. The molecule has 2 heterocycles. The van der Waals surface area contributed by atoms with E-state index >= 15 is 0 Å². The van der Waals surface area contributed by atoms with Gasteiger partial charge in [0.2, 0.25) is 0 Å². The predicted molar refractivity (Wildman–Crippen MR) is 102 cm³/mol. The summed E-state index contributed by atoms with van der Waals surface area (Å²) in [7, 11) is -4.09. The summed E-state index contributed by atoms with van der Waals surface area (Å²) in [6.07, 6.45) is 4.38. The van der Waals surface area contributed by atoms with Crippen LogP contribution < -0.4 is 0 Å². The maximum Gasteiger partial charge on any atom is 0.324 e. The first-order valence-electron chi connectivity index (χ1n) is 9.16. The van der Waals surface area contributed by atoms with Crippen LogP contribution in [0, 0.1) is 11.3 Å². The first-order chi connectivity index (χ1) is 12.3. The van der Waals surface area contributed by atoms with Gasteiger partial charge in [0.05, 0.1) is 4.90 Å². The van der Waals surface area contributed by atoms with Crippen molar-refractivity contribution < 1.29 is 18.3 Å². The first kappa shape index (κ1) is 19.8. The molecule has 8 heteroatoms. The molecule has 0 bridgehead atoms. The number of aromatic nitrogens is 3. The van der Waals surface area contributed by atoms with Gasteiger partial charge in [0, 0.05) is 19.2 Å². The molecule has 3 rings (SSSR count). The van der Waals surface area contributed by atoms with Crippen molar-refractivity contribution in [2.75, 3.05) is 0 Å². The lowest BCUT2D eigenvalue weighted by Gasteiger charge is -2.19. The topological polar surface area (TPSA) is 102 Å². The number of pyridine rings is 1. The second kappa shape index (κ2) is 6.29. The van der Waals surface area contributed by atoms with E-state index in [2.05, 4.69) is 35.3 Å². The SMILES string of the molecule is CC(C)(C)Cc1nc2cc(S(=O)(=O)C(C)(C)C(=O)O)cnc2n1CC1CC1. The average Bonchev–Trinajstić information content (AvgIpc) is 3.28. The Kier molecular flexibility index (Phi) is 4.61. The third-order valence-corrected chi connectivity index (χ3v) is 7.32. The highest BCUT2D eigenvalue weighted by atomic mass is 32.2. The normalized spacial score (nSPS) is 16.0. The summed E-state index contributed by atoms with van der Waals surface area (Å²) < 4.78 is 25.7. The number of carboxylic acids is 1. The van der Waals surface area contributed by atoms with Gasteiger partial charge in [-0.05, 0) is 44.1 Å². The summed E-state index contributed by atoms with van der Waals surface area (Å²) in [6, 6.07) is 1.46. The van der Waals surface area contributed by atoms with Crippen molar-refractivity contribution in [2.24, 2.45) is 11.3 Å². The van der Waals surface area contributed by atoms with Crippen LogP contribution in [0.5, 0.6) is 0 Å². The van der Waals surface area contributed by atoms with Crippen LogP contribution in [0.2, 0.25) is 0 Å². The van der Waals surface area contributed by atoms with E-state index in [1.165, 1.54) is 39.0 Å². The summed E-state index contributed by atoms with van der Waals surface area (Å²) in [6.45, 7) is 9.60. The number of fused-ring (bicyclic) bond motifs is 1. The van der Waals surface area contributed by atoms with Crippen molar-refractivity contribution in [1.29, 1.82) is 0 Å². The molecular formula is C19H27N3O4S. The van der Waals surface area contributed by atoms with E-state index in [1.807, 2.05) is 0 Å². The van der Waals surface area contributed by atoms with Gasteiger partial charge in [0.15, 0.2) is 20.2 Å². The predicted octanol–water partition coefficient (Wildman–Crippen LogP) is 3.07. The Balaban J connectivity index is 2.11. The zero-order chi connectivity index (χ0) is 20.2. The van der Waals surface area contributed by atoms with Crippen LogP contribution in [-0.4, -0.2) is 38.8 Å². The minimum atomic E-state index is -4.09. The van der Waals surface area contributed by atoms with E-state index in [1.54, 1.807) is 0 Å². The summed E-state index contributed by atoms with van der Waals surface area (Å²) in [4.78, 5) is 20.4. The monoisotopic (exact) mass is 393 g/mol. The van der Waals surface area contributed by atoms with E-state index < -0.39 is 20.6 Å². The summed E-state index contributed by atoms with van der Waals surface area (Å²) in [5, 5.41) is 9.31. The van der Waals surface area contributed by atoms with Gasteiger partial charge in [-0.2, -0.15) is 0 Å². The van der Waals surface area contributed by atoms with Gasteiger partial charge in [-0.15, -0.1) is 0 Å². The maximum absolute atomic E-state index is 12.8. The van der Waals surface area contributed by atoms with E-state index in [0.717, 1.165) is 18.8 Å². The third kappa shape index (κ3) is 3.72. The quantitative estimate of drug-likeness (QED) is 0.809. The average molecular weight is 394 g/mol. The summed E-state index contributed by atoms with van der Waals surface area (Å²) in [5.74, 6) is 0.122. The molecule has 0 amide bonds. The molecule has 0 spiro atoms. The molecule has 1 N–H and O–H groups in total. The van der Waals surface area contributed by atoms with E-state index in [-0.39, 0.29) is 10.3 Å². The summed E-state index contributed by atoms with van der Waals surface area (Å²) >= 11 is 0. The van der Waals surface area contributed by atoms with Gasteiger partial charge in [0.25, 0.3) is 0 Å². The van der Waals surface area contributed by atoms with Gasteiger partial charge >= 0.3 is 5.97 Å². The minimum absolute atomic E-state index is 0.0306. The molecule has 0 unspecified atom stereocenters. The number of sulfone groups is 1. The third-order valence-electron chi connectivity index (χ3n) is 4.96. The number of carbonyl (C=O) groups is 1. The molecule has 148 valence electrons. The molecule has 2 aromatic rings. The molecule has 7 nitrogen and oxygen atoms in total. The second-order valence-electron chi connectivity index (χ2n) is 9.15. The summed E-state index contributed by atoms with van der Waals surface area (Å²) in [5.41, 5.74) is 1.19. The van der Waals surface area contributed by atoms with Crippen molar-refractivity contribution in [1.82, 2.24) is 14.5 Å². The number of nitrogens with zero attached hydrogens (tertiary/aromatic N) is 3. The lowest BCUT2D eigenvalue weighted by Crippen LogP contribution is -2.40. The Bertz CT molecular complexity index is 996. The van der Waals surface area contributed by atoms with Crippen LogP contribution >= 0.6 is 0 Å². The number of hydrogen-bond acceptors (Lipinski definition) is 5. The molecular weight excluding hydrogens is 366 g/mol. The van der Waals surface area contributed by atoms with E-state index in [9.17, 15) is 18.3 Å². The van der Waals surface area contributed by atoms with Crippen molar-refractivity contribution in [2.45, 2.75) is 70.1 Å². The molecule has 1 fully saturated rings. The minimum Gasteiger partial charge on any atom is -0.480 e. The number of imidazole rings is 1. The van der Waals surface area contributed by atoms with Gasteiger partial charge in [-0.1, -0.05) is 20.8 Å². The van der Waals surface area contributed by atoms with Crippen molar-refractivity contribution >= 4 is 27.0 Å². The first-order valence-corrected chi connectivity index (χ1v) is 10.6. The van der Waals surface area contributed by atoms with Crippen LogP contribution in [0.15, 0.2) is 17.2 Å². The molecule has 27 heavy (non-hydrogen) atoms. The van der Waals surface area contributed by atoms with Crippen molar-refractivity contribution in [3.05, 3.63) is 18.1 Å². The van der Waals surface area contributed by atoms with Crippen LogP contribution in [0.1, 0.15) is 53.3 Å². The number of hydrogen-bond donors (Lipinski definition) is 1. The van der Waals surface area contributed by atoms with Gasteiger partial charge in [-0.25, -0.2) is 18.4 Å². The highest BCUT2D eigenvalue weighted by Gasteiger charge is 2.43. The lowest BCUT2D eigenvalue weighted by atomic mass is 9.92. The molecule has 0 aromatic carbocycles. The van der Waals surface area contributed by atoms with Crippen LogP contribution in [-0.2, 0) is 27.6 Å². The smallest absolute Gasteiger partial charge is 0.324 e. The Morgan fingerprint density at radius 2 is 1.89 bits per heavy atom. The van der Waals surface area contributed by atoms with E-state index in [0.29, 0.717) is 17.1 Å². The highest BCUT2D eigenvalue weighted by molar-refractivity contribution is 7.93. The zero-order valence-electron chi connectivity index (χ0n) is 16.5. The molecule has 1 saturated carbocycles. The number of aliphatic carboxylic acids is 1. The Morgan fingerprint density at radius 1 is 1.26 bits per heavy atom. The molecule has 1 aliphatic carbocycles. The Morgan fingerprint density at radius 3 is 2.41 bits per heavy atom. The van der Waals surface area contributed by atoms with Crippen LogP contribution in [0.4, 0.5) is 0 Å². The van der Waals surface area contributed by atoms with Crippen LogP contribution in [0.25, 0.3) is 11.2 Å². The molecule has 0 saturated heterocycles. The van der Waals surface area contributed by atoms with E-state index in [4.69, 9.17) is 0 Å². The fourth-order valence-corrected chi connectivity index (χ4v) is 4.23. The van der Waals surface area contributed by atoms with Crippen LogP contribution in [0.3, 0.4) is 0 Å². The molecule has 0 atom stereocenters.